The number of hydrogen-bond donors (Lipinski definition) is 0. The van der Waals surface area contributed by atoms with Gasteiger partial charge in [-0.1, -0.05) is 169 Å². The summed E-state index contributed by atoms with van der Waals surface area (Å²) in [6, 6.07) is 79.2. The van der Waals surface area contributed by atoms with Crippen molar-refractivity contribution in [2.45, 2.75) is 27.7 Å². The number of benzene rings is 12. The van der Waals surface area contributed by atoms with Crippen LogP contribution in [0.3, 0.4) is 0 Å². The number of aryl methyl sites for hydroxylation is 4. The predicted octanol–water partition coefficient (Wildman–Crippen LogP) is 19.7. The van der Waals surface area contributed by atoms with Crippen LogP contribution in [-0.2, 0) is 0 Å². The molecule has 0 aliphatic heterocycles. The Morgan fingerprint density at radius 1 is 0.264 bits per heavy atom. The monoisotopic (exact) mass is 932 g/mol. The van der Waals surface area contributed by atoms with Gasteiger partial charge in [-0.2, -0.15) is 0 Å². The first kappa shape index (κ1) is 44.4. The minimum absolute atomic E-state index is 0.316. The average Bonchev–Trinajstić information content (AvgIpc) is 3.40. The molecule has 72 heavy (non-hydrogen) atoms. The number of rotatable bonds is 10. The molecule has 12 aromatic rings. The lowest BCUT2D eigenvalue weighted by molar-refractivity contribution is 0.627. The molecule has 0 spiro atoms. The fraction of sp³-hybridized carbons (Fsp3) is 0.0588. The van der Waals surface area contributed by atoms with Crippen LogP contribution < -0.4 is 9.80 Å². The summed E-state index contributed by atoms with van der Waals surface area (Å²) in [7, 11) is 0. The maximum atomic E-state index is 16.9. The first-order valence-electron chi connectivity index (χ1n) is 24.5. The summed E-state index contributed by atoms with van der Waals surface area (Å²) >= 11 is 0. The molecule has 0 aromatic heterocycles. The Labute approximate surface area is 419 Å². The molecule has 0 aliphatic rings. The minimum Gasteiger partial charge on any atom is -0.307 e. The quantitative estimate of drug-likeness (QED) is 0.126. The van der Waals surface area contributed by atoms with Gasteiger partial charge in [-0.15, -0.1) is 0 Å². The Hall–Kier alpha value is -8.86. The summed E-state index contributed by atoms with van der Waals surface area (Å²) in [5.74, 6) is -0.632. The summed E-state index contributed by atoms with van der Waals surface area (Å²) in [5, 5.41) is 6.11. The maximum absolute atomic E-state index is 16.9. The highest BCUT2D eigenvalue weighted by molar-refractivity contribution is 6.28. The Kier molecular flexibility index (Phi) is 11.2. The fourth-order valence-electron chi connectivity index (χ4n) is 10.5. The molecule has 0 saturated carbocycles. The van der Waals surface area contributed by atoms with Crippen LogP contribution >= 0.6 is 0 Å². The highest BCUT2D eigenvalue weighted by atomic mass is 19.1. The van der Waals surface area contributed by atoms with Gasteiger partial charge in [-0.25, -0.2) is 8.78 Å². The lowest BCUT2D eigenvalue weighted by atomic mass is 9.91. The lowest BCUT2D eigenvalue weighted by Crippen LogP contribution is -2.13. The van der Waals surface area contributed by atoms with E-state index in [-0.39, 0.29) is 11.6 Å². The normalized spacial score (nSPS) is 11.5. The van der Waals surface area contributed by atoms with Crippen LogP contribution in [0.25, 0.3) is 76.8 Å². The van der Waals surface area contributed by atoms with Gasteiger partial charge in [0.05, 0.1) is 22.7 Å². The molecule has 2 nitrogen and oxygen atoms in total. The second-order valence-corrected chi connectivity index (χ2v) is 19.2. The zero-order chi connectivity index (χ0) is 49.0. The molecule has 0 unspecified atom stereocenters. The van der Waals surface area contributed by atoms with E-state index < -0.39 is 0 Å². The second kappa shape index (κ2) is 18.1. The molecular formula is C68H50F2N2. The number of nitrogens with zero attached hydrogens (tertiary/aromatic N) is 2. The molecule has 0 fully saturated rings. The van der Waals surface area contributed by atoms with Gasteiger partial charge in [-0.3, -0.25) is 0 Å². The number of anilines is 6. The third-order valence-corrected chi connectivity index (χ3v) is 14.1. The molecule has 0 bridgehead atoms. The van der Waals surface area contributed by atoms with Crippen molar-refractivity contribution in [1.82, 2.24) is 0 Å². The van der Waals surface area contributed by atoms with E-state index in [0.29, 0.717) is 11.4 Å². The van der Waals surface area contributed by atoms with E-state index in [2.05, 4.69) is 206 Å². The molecule has 0 saturated heterocycles. The number of hydrogen-bond acceptors (Lipinski definition) is 2. The van der Waals surface area contributed by atoms with Crippen molar-refractivity contribution in [2.75, 3.05) is 9.80 Å². The van der Waals surface area contributed by atoms with Gasteiger partial charge in [0.1, 0.15) is 11.6 Å². The van der Waals surface area contributed by atoms with Crippen LogP contribution in [0.15, 0.2) is 231 Å². The molecule has 0 atom stereocenters. The van der Waals surface area contributed by atoms with Crippen LogP contribution in [0.5, 0.6) is 0 Å². The summed E-state index contributed by atoms with van der Waals surface area (Å²) < 4.78 is 33.8. The van der Waals surface area contributed by atoms with E-state index in [1.807, 2.05) is 50.2 Å². The van der Waals surface area contributed by atoms with E-state index in [1.165, 1.54) is 11.1 Å². The Balaban J connectivity index is 1.12. The van der Waals surface area contributed by atoms with E-state index in [0.717, 1.165) is 111 Å². The standard InChI is InChI=1S/C68H50F2N2/c1-43-15-21-49(22-16-43)55-37-53(47-11-7-5-8-12-47)39-57(41-55)71(65-31-19-45(3)35-61(65)69)63-33-27-51-26-30-60-64(34-28-52-25-29-59(63)67(51)68(52)60)72(66-32-20-46(4)36-62(66)70)58-40-54(48-13-9-6-10-14-48)38-56(42-58)50-23-17-44(2)18-24-50/h5-42H,1-4H3. The third kappa shape index (κ3) is 8.11. The van der Waals surface area contributed by atoms with Gasteiger partial charge in [0.15, 0.2) is 0 Å². The van der Waals surface area contributed by atoms with Crippen LogP contribution in [0.1, 0.15) is 22.3 Å². The van der Waals surface area contributed by atoms with Crippen molar-refractivity contribution in [3.05, 3.63) is 264 Å². The van der Waals surface area contributed by atoms with Crippen LogP contribution in [0.2, 0.25) is 0 Å². The summed E-state index contributed by atoms with van der Waals surface area (Å²) in [6.07, 6.45) is 0. The maximum Gasteiger partial charge on any atom is 0.147 e. The molecule has 346 valence electrons. The molecule has 0 radical (unpaired) electrons. The Morgan fingerprint density at radius 2 is 0.583 bits per heavy atom. The summed E-state index contributed by atoms with van der Waals surface area (Å²) in [6.45, 7) is 8.03. The average molecular weight is 933 g/mol. The molecule has 0 heterocycles. The molecule has 12 aromatic carbocycles. The van der Waals surface area contributed by atoms with Gasteiger partial charge >= 0.3 is 0 Å². The topological polar surface area (TPSA) is 6.48 Å². The second-order valence-electron chi connectivity index (χ2n) is 19.2. The predicted molar refractivity (Wildman–Crippen MR) is 300 cm³/mol. The van der Waals surface area contributed by atoms with Crippen LogP contribution in [-0.4, -0.2) is 0 Å². The zero-order valence-electron chi connectivity index (χ0n) is 40.6. The van der Waals surface area contributed by atoms with Gasteiger partial charge in [0, 0.05) is 22.1 Å². The zero-order valence-corrected chi connectivity index (χ0v) is 40.6. The molecule has 0 aliphatic carbocycles. The van der Waals surface area contributed by atoms with Crippen molar-refractivity contribution >= 4 is 66.4 Å². The van der Waals surface area contributed by atoms with Gasteiger partial charge in [0.2, 0.25) is 0 Å². The van der Waals surface area contributed by atoms with Crippen molar-refractivity contribution < 1.29 is 8.78 Å². The van der Waals surface area contributed by atoms with E-state index in [9.17, 15) is 0 Å². The van der Waals surface area contributed by atoms with Crippen molar-refractivity contribution in [1.29, 1.82) is 0 Å². The van der Waals surface area contributed by atoms with Crippen LogP contribution in [0, 0.1) is 39.3 Å². The molecule has 4 heteroatoms. The largest absolute Gasteiger partial charge is 0.307 e. The highest BCUT2D eigenvalue weighted by Gasteiger charge is 2.26. The van der Waals surface area contributed by atoms with Crippen molar-refractivity contribution in [3.8, 4) is 44.5 Å². The molecular weight excluding hydrogens is 883 g/mol. The third-order valence-electron chi connectivity index (χ3n) is 14.1. The first-order valence-corrected chi connectivity index (χ1v) is 24.5. The van der Waals surface area contributed by atoms with Gasteiger partial charge in [-0.05, 0) is 178 Å². The first-order chi connectivity index (χ1) is 35.1. The molecule has 12 rings (SSSR count). The van der Waals surface area contributed by atoms with E-state index in [1.54, 1.807) is 12.1 Å². The minimum atomic E-state index is -0.316. The Bertz CT molecular complexity index is 3710. The number of halogens is 2. The summed E-state index contributed by atoms with van der Waals surface area (Å²) in [5.41, 5.74) is 16.6. The highest BCUT2D eigenvalue weighted by Crippen LogP contribution is 2.50. The van der Waals surface area contributed by atoms with E-state index >= 15 is 8.78 Å². The lowest BCUT2D eigenvalue weighted by Gasteiger charge is -2.30. The van der Waals surface area contributed by atoms with Gasteiger partial charge in [0.25, 0.3) is 0 Å². The van der Waals surface area contributed by atoms with Crippen molar-refractivity contribution in [2.24, 2.45) is 0 Å². The van der Waals surface area contributed by atoms with Gasteiger partial charge < -0.3 is 9.80 Å². The van der Waals surface area contributed by atoms with Crippen LogP contribution in [0.4, 0.5) is 42.9 Å². The summed E-state index contributed by atoms with van der Waals surface area (Å²) in [4.78, 5) is 4.17. The smallest absolute Gasteiger partial charge is 0.147 e. The molecule has 0 amide bonds. The fourth-order valence-corrected chi connectivity index (χ4v) is 10.5. The SMILES string of the molecule is Cc1ccc(-c2cc(-c3ccccc3)cc(N(c3ccc(C)cc3F)c3ccc4ccc5c(N(c6cc(-c7ccccc7)cc(-c7ccc(C)cc7)c6)c6ccc(C)cc6F)ccc6ccc3c4c65)c2)cc1. The molecule has 0 N–H and O–H groups in total. The van der Waals surface area contributed by atoms with E-state index in [4.69, 9.17) is 0 Å². The van der Waals surface area contributed by atoms with Crippen molar-refractivity contribution in [3.63, 3.8) is 0 Å². The Morgan fingerprint density at radius 3 is 0.944 bits per heavy atom.